The van der Waals surface area contributed by atoms with Crippen LogP contribution in [0.2, 0.25) is 0 Å². The molecule has 0 aliphatic rings. The number of benzene rings is 1. The van der Waals surface area contributed by atoms with Crippen molar-refractivity contribution in [1.82, 2.24) is 15.0 Å². The molecule has 0 saturated carbocycles. The SMILES string of the molecule is O=C(CCC(=O)c1ccc2[nH]cnc2c1)c1cccnc1. The Kier molecular flexibility index (Phi) is 3.55. The number of hydrogen-bond acceptors (Lipinski definition) is 4. The second-order valence-corrected chi connectivity index (χ2v) is 4.72. The first-order valence-corrected chi connectivity index (χ1v) is 6.63. The molecular weight excluding hydrogens is 266 g/mol. The summed E-state index contributed by atoms with van der Waals surface area (Å²) in [4.78, 5) is 35.1. The predicted octanol–water partition coefficient (Wildman–Crippen LogP) is 2.80. The summed E-state index contributed by atoms with van der Waals surface area (Å²) < 4.78 is 0. The van der Waals surface area contributed by atoms with E-state index in [1.54, 1.807) is 36.8 Å². The van der Waals surface area contributed by atoms with Crippen molar-refractivity contribution in [1.29, 1.82) is 0 Å². The van der Waals surface area contributed by atoms with Gasteiger partial charge in [-0.2, -0.15) is 0 Å². The van der Waals surface area contributed by atoms with Crippen LogP contribution in [0.1, 0.15) is 33.6 Å². The highest BCUT2D eigenvalue weighted by atomic mass is 16.1. The van der Waals surface area contributed by atoms with Crippen LogP contribution < -0.4 is 0 Å². The molecule has 0 aliphatic heterocycles. The Morgan fingerprint density at radius 3 is 2.62 bits per heavy atom. The maximum Gasteiger partial charge on any atom is 0.164 e. The van der Waals surface area contributed by atoms with Crippen molar-refractivity contribution in [2.45, 2.75) is 12.8 Å². The molecule has 0 amide bonds. The van der Waals surface area contributed by atoms with E-state index in [9.17, 15) is 9.59 Å². The number of Topliss-reactive ketones (excluding diaryl/α,β-unsaturated/α-hetero) is 2. The molecule has 0 radical (unpaired) electrons. The molecule has 1 aromatic carbocycles. The summed E-state index contributed by atoms with van der Waals surface area (Å²) in [7, 11) is 0. The lowest BCUT2D eigenvalue weighted by Gasteiger charge is -2.01. The Morgan fingerprint density at radius 1 is 1.05 bits per heavy atom. The van der Waals surface area contributed by atoms with Gasteiger partial charge in [-0.1, -0.05) is 0 Å². The van der Waals surface area contributed by atoms with E-state index in [1.807, 2.05) is 6.07 Å². The van der Waals surface area contributed by atoms with Crippen molar-refractivity contribution >= 4 is 22.6 Å². The fourth-order valence-corrected chi connectivity index (χ4v) is 2.15. The van der Waals surface area contributed by atoms with Gasteiger partial charge in [-0.05, 0) is 30.3 Å². The van der Waals surface area contributed by atoms with Crippen molar-refractivity contribution < 1.29 is 9.59 Å². The lowest BCUT2D eigenvalue weighted by atomic mass is 10.0. The number of hydrogen-bond donors (Lipinski definition) is 1. The third-order valence-corrected chi connectivity index (χ3v) is 3.31. The molecule has 0 unspecified atom stereocenters. The summed E-state index contributed by atoms with van der Waals surface area (Å²) in [5, 5.41) is 0. The van der Waals surface area contributed by atoms with Crippen LogP contribution in [-0.4, -0.2) is 26.5 Å². The number of nitrogens with one attached hydrogen (secondary N) is 1. The van der Waals surface area contributed by atoms with Gasteiger partial charge in [0.25, 0.3) is 0 Å². The summed E-state index contributed by atoms with van der Waals surface area (Å²) in [6, 6.07) is 8.72. The minimum atomic E-state index is -0.0719. The van der Waals surface area contributed by atoms with E-state index in [0.29, 0.717) is 11.1 Å². The number of carbonyl (C=O) groups excluding carboxylic acids is 2. The molecule has 0 spiro atoms. The number of imidazole rings is 1. The summed E-state index contributed by atoms with van der Waals surface area (Å²) in [6.07, 6.45) is 5.08. The molecule has 0 bridgehead atoms. The highest BCUT2D eigenvalue weighted by molar-refractivity contribution is 6.03. The number of aromatic amines is 1. The van der Waals surface area contributed by atoms with Crippen molar-refractivity contribution in [2.24, 2.45) is 0 Å². The topological polar surface area (TPSA) is 75.7 Å². The van der Waals surface area contributed by atoms with E-state index in [1.165, 1.54) is 6.20 Å². The Labute approximate surface area is 121 Å². The fraction of sp³-hybridized carbons (Fsp3) is 0.125. The van der Waals surface area contributed by atoms with E-state index in [-0.39, 0.29) is 24.4 Å². The standard InChI is InChI=1S/C16H13N3O2/c20-15(5-6-16(21)12-2-1-7-17-9-12)11-3-4-13-14(8-11)19-10-18-13/h1-4,7-10H,5-6H2,(H,18,19). The van der Waals surface area contributed by atoms with Crippen LogP contribution in [0.4, 0.5) is 0 Å². The number of fused-ring (bicyclic) bond motifs is 1. The lowest BCUT2D eigenvalue weighted by molar-refractivity contribution is 0.0917. The number of H-pyrrole nitrogens is 1. The maximum absolute atomic E-state index is 12.1. The van der Waals surface area contributed by atoms with Gasteiger partial charge in [-0.15, -0.1) is 0 Å². The Balaban J connectivity index is 1.67. The highest BCUT2D eigenvalue weighted by Gasteiger charge is 2.12. The van der Waals surface area contributed by atoms with Crippen LogP contribution >= 0.6 is 0 Å². The van der Waals surface area contributed by atoms with E-state index in [2.05, 4.69) is 15.0 Å². The van der Waals surface area contributed by atoms with E-state index >= 15 is 0 Å². The van der Waals surface area contributed by atoms with E-state index < -0.39 is 0 Å². The molecule has 3 aromatic rings. The zero-order chi connectivity index (χ0) is 14.7. The zero-order valence-electron chi connectivity index (χ0n) is 11.2. The molecule has 0 fully saturated rings. The predicted molar refractivity (Wildman–Crippen MR) is 78.2 cm³/mol. The Hall–Kier alpha value is -2.82. The van der Waals surface area contributed by atoms with Gasteiger partial charge in [0.15, 0.2) is 11.6 Å². The van der Waals surface area contributed by atoms with Gasteiger partial charge in [-0.25, -0.2) is 4.98 Å². The molecule has 5 heteroatoms. The van der Waals surface area contributed by atoms with Gasteiger partial charge in [0.2, 0.25) is 0 Å². The number of rotatable bonds is 5. The summed E-state index contributed by atoms with van der Waals surface area (Å²) in [6.45, 7) is 0. The average Bonchev–Trinajstić information content (AvgIpc) is 3.00. The van der Waals surface area contributed by atoms with Crippen LogP contribution in [0.25, 0.3) is 11.0 Å². The molecule has 2 aromatic heterocycles. The fourth-order valence-electron chi connectivity index (χ4n) is 2.15. The molecule has 1 N–H and O–H groups in total. The van der Waals surface area contributed by atoms with Gasteiger partial charge in [-0.3, -0.25) is 14.6 Å². The van der Waals surface area contributed by atoms with E-state index in [0.717, 1.165) is 11.0 Å². The van der Waals surface area contributed by atoms with E-state index in [4.69, 9.17) is 0 Å². The largest absolute Gasteiger partial charge is 0.345 e. The quantitative estimate of drug-likeness (QED) is 0.729. The van der Waals surface area contributed by atoms with Crippen LogP contribution in [0, 0.1) is 0 Å². The monoisotopic (exact) mass is 279 g/mol. The zero-order valence-corrected chi connectivity index (χ0v) is 11.2. The van der Waals surface area contributed by atoms with Gasteiger partial charge >= 0.3 is 0 Å². The van der Waals surface area contributed by atoms with Crippen LogP contribution in [-0.2, 0) is 0 Å². The number of ketones is 2. The Morgan fingerprint density at radius 2 is 1.86 bits per heavy atom. The summed E-state index contributed by atoms with van der Waals surface area (Å²) in [5.41, 5.74) is 2.75. The normalized spacial score (nSPS) is 10.7. The summed E-state index contributed by atoms with van der Waals surface area (Å²) >= 11 is 0. The first-order chi connectivity index (χ1) is 10.2. The molecule has 5 nitrogen and oxygen atoms in total. The first-order valence-electron chi connectivity index (χ1n) is 6.63. The molecule has 0 saturated heterocycles. The minimum absolute atomic E-state index is 0.0582. The van der Waals surface area contributed by atoms with Crippen molar-refractivity contribution in [2.75, 3.05) is 0 Å². The van der Waals surface area contributed by atoms with Gasteiger partial charge in [0.05, 0.1) is 17.4 Å². The third-order valence-electron chi connectivity index (χ3n) is 3.31. The van der Waals surface area contributed by atoms with Crippen LogP contribution in [0.3, 0.4) is 0 Å². The smallest absolute Gasteiger partial charge is 0.164 e. The number of nitrogens with zero attached hydrogens (tertiary/aromatic N) is 2. The average molecular weight is 279 g/mol. The molecule has 3 rings (SSSR count). The molecule has 0 atom stereocenters. The van der Waals surface area contributed by atoms with Crippen molar-refractivity contribution in [3.8, 4) is 0 Å². The number of aromatic nitrogens is 3. The Bertz CT molecular complexity index is 793. The number of pyridine rings is 1. The molecule has 21 heavy (non-hydrogen) atoms. The van der Waals surface area contributed by atoms with Gasteiger partial charge < -0.3 is 4.98 Å². The highest BCUT2D eigenvalue weighted by Crippen LogP contribution is 2.14. The van der Waals surface area contributed by atoms with Crippen LogP contribution in [0.15, 0.2) is 49.1 Å². The second kappa shape index (κ2) is 5.66. The second-order valence-electron chi connectivity index (χ2n) is 4.72. The van der Waals surface area contributed by atoms with Gasteiger partial charge in [0, 0.05) is 36.4 Å². The van der Waals surface area contributed by atoms with Crippen molar-refractivity contribution in [3.63, 3.8) is 0 Å². The van der Waals surface area contributed by atoms with Gasteiger partial charge in [0.1, 0.15) is 0 Å². The number of carbonyl (C=O) groups is 2. The summed E-state index contributed by atoms with van der Waals surface area (Å²) in [5.74, 6) is -0.130. The molecule has 2 heterocycles. The first kappa shape index (κ1) is 13.2. The maximum atomic E-state index is 12.1. The third kappa shape index (κ3) is 2.86. The van der Waals surface area contributed by atoms with Crippen LogP contribution in [0.5, 0.6) is 0 Å². The molecular formula is C16H13N3O2. The lowest BCUT2D eigenvalue weighted by Crippen LogP contribution is -2.05. The minimum Gasteiger partial charge on any atom is -0.345 e. The molecule has 104 valence electrons. The molecule has 0 aliphatic carbocycles. The van der Waals surface area contributed by atoms with Crippen molar-refractivity contribution in [3.05, 3.63) is 60.2 Å².